The quantitative estimate of drug-likeness (QED) is 0.430. The van der Waals surface area contributed by atoms with Gasteiger partial charge in [-0.3, -0.25) is 0 Å². The highest BCUT2D eigenvalue weighted by Gasteiger charge is 2.39. The van der Waals surface area contributed by atoms with Crippen LogP contribution in [0.5, 0.6) is 11.5 Å². The van der Waals surface area contributed by atoms with Gasteiger partial charge < -0.3 is 10.2 Å². The molecule has 0 aliphatic heterocycles. The Bertz CT molecular complexity index is 1060. The summed E-state index contributed by atoms with van der Waals surface area (Å²) in [5, 5.41) is 19.7. The maximum absolute atomic E-state index is 9.87. The van der Waals surface area contributed by atoms with Crippen LogP contribution in [0.25, 0.3) is 0 Å². The van der Waals surface area contributed by atoms with Crippen LogP contribution in [0.1, 0.15) is 35.1 Å². The highest BCUT2D eigenvalue weighted by Crippen LogP contribution is 2.48. The summed E-state index contributed by atoms with van der Waals surface area (Å²) in [5.41, 5.74) is 4.22. The fraction of sp³-hybridized carbons (Fsp3) is 0.111. The zero-order chi connectivity index (χ0) is 20.3. The van der Waals surface area contributed by atoms with Gasteiger partial charge in [0.05, 0.1) is 0 Å². The van der Waals surface area contributed by atoms with Gasteiger partial charge in [-0.05, 0) is 46.5 Å². The van der Waals surface area contributed by atoms with E-state index >= 15 is 0 Å². The number of hydrogen-bond acceptors (Lipinski definition) is 2. The van der Waals surface area contributed by atoms with Gasteiger partial charge in [-0.25, -0.2) is 0 Å². The van der Waals surface area contributed by atoms with Crippen molar-refractivity contribution in [1.29, 1.82) is 0 Å². The van der Waals surface area contributed by atoms with Crippen LogP contribution in [0.3, 0.4) is 0 Å². The van der Waals surface area contributed by atoms with E-state index in [0.29, 0.717) is 0 Å². The summed E-state index contributed by atoms with van der Waals surface area (Å²) >= 11 is 0. The first-order valence-electron chi connectivity index (χ1n) is 9.78. The van der Waals surface area contributed by atoms with Gasteiger partial charge >= 0.3 is 0 Å². The molecule has 2 atom stereocenters. The average molecular weight is 380 g/mol. The van der Waals surface area contributed by atoms with Gasteiger partial charge in [0, 0.05) is 11.3 Å². The lowest BCUT2D eigenvalue weighted by Gasteiger charge is -2.40. The van der Waals surface area contributed by atoms with Crippen LogP contribution < -0.4 is 0 Å². The Morgan fingerprint density at radius 1 is 0.517 bits per heavy atom. The monoisotopic (exact) mass is 380 g/mol. The van der Waals surface area contributed by atoms with Gasteiger partial charge in [-0.2, -0.15) is 0 Å². The summed E-state index contributed by atoms with van der Waals surface area (Å²) in [6, 6.07) is 35.9. The molecule has 0 saturated heterocycles. The van der Waals surface area contributed by atoms with Gasteiger partial charge in [0.25, 0.3) is 0 Å². The molecule has 0 spiro atoms. The molecule has 0 aliphatic carbocycles. The van der Waals surface area contributed by atoms with E-state index in [9.17, 15) is 10.2 Å². The summed E-state index contributed by atoms with van der Waals surface area (Å²) in [5.74, 6) is 0.521. The van der Waals surface area contributed by atoms with E-state index in [-0.39, 0.29) is 17.4 Å². The molecule has 2 nitrogen and oxygen atoms in total. The molecule has 4 aromatic rings. The summed E-state index contributed by atoms with van der Waals surface area (Å²) in [6.45, 7) is 2.25. The Hall–Kier alpha value is -3.52. The number of phenolic OH excluding ortho intramolecular Hbond substituents is 2. The molecule has 0 amide bonds. The van der Waals surface area contributed by atoms with Gasteiger partial charge in [0.15, 0.2) is 0 Å². The third kappa shape index (κ3) is 3.62. The minimum absolute atomic E-state index is 0.0104. The van der Waals surface area contributed by atoms with E-state index in [1.165, 1.54) is 11.1 Å². The van der Waals surface area contributed by atoms with E-state index in [4.69, 9.17) is 0 Å². The molecule has 144 valence electrons. The number of phenols is 2. The van der Waals surface area contributed by atoms with Crippen molar-refractivity contribution in [2.45, 2.75) is 18.3 Å². The van der Waals surface area contributed by atoms with Crippen molar-refractivity contribution in [3.8, 4) is 11.5 Å². The highest BCUT2D eigenvalue weighted by atomic mass is 16.3. The average Bonchev–Trinajstić information content (AvgIpc) is 2.77. The van der Waals surface area contributed by atoms with Gasteiger partial charge in [0.1, 0.15) is 11.5 Å². The lowest BCUT2D eigenvalue weighted by molar-refractivity contribution is 0.468. The minimum Gasteiger partial charge on any atom is -0.508 e. The van der Waals surface area contributed by atoms with Crippen molar-refractivity contribution in [2.75, 3.05) is 0 Å². The van der Waals surface area contributed by atoms with E-state index < -0.39 is 5.41 Å². The molecule has 0 fully saturated rings. The van der Waals surface area contributed by atoms with E-state index in [1.54, 1.807) is 24.3 Å². The van der Waals surface area contributed by atoms with Crippen LogP contribution in [0.15, 0.2) is 109 Å². The van der Waals surface area contributed by atoms with Gasteiger partial charge in [-0.15, -0.1) is 0 Å². The molecule has 0 radical (unpaired) electrons. The molecule has 0 heterocycles. The molecular weight excluding hydrogens is 356 g/mol. The topological polar surface area (TPSA) is 40.5 Å². The maximum atomic E-state index is 9.87. The molecule has 2 unspecified atom stereocenters. The third-order valence-corrected chi connectivity index (χ3v) is 5.78. The summed E-state index contributed by atoms with van der Waals surface area (Å²) in [6.07, 6.45) is 0. The van der Waals surface area contributed by atoms with Crippen molar-refractivity contribution in [1.82, 2.24) is 0 Å². The van der Waals surface area contributed by atoms with Gasteiger partial charge in [0.2, 0.25) is 0 Å². The lowest BCUT2D eigenvalue weighted by atomic mass is 9.62. The first-order valence-corrected chi connectivity index (χ1v) is 9.78. The van der Waals surface area contributed by atoms with Crippen molar-refractivity contribution in [3.05, 3.63) is 131 Å². The van der Waals surface area contributed by atoms with Crippen LogP contribution in [0, 0.1) is 0 Å². The van der Waals surface area contributed by atoms with Crippen LogP contribution >= 0.6 is 0 Å². The van der Waals surface area contributed by atoms with Crippen LogP contribution in [0.2, 0.25) is 0 Å². The molecule has 2 heteroatoms. The van der Waals surface area contributed by atoms with E-state index in [2.05, 4.69) is 55.5 Å². The van der Waals surface area contributed by atoms with E-state index in [1.807, 2.05) is 36.4 Å². The first kappa shape index (κ1) is 18.8. The predicted molar refractivity (Wildman–Crippen MR) is 117 cm³/mol. The van der Waals surface area contributed by atoms with Crippen LogP contribution in [-0.2, 0) is 5.41 Å². The molecule has 0 aromatic heterocycles. The Kier molecular flexibility index (Phi) is 5.09. The van der Waals surface area contributed by atoms with Crippen LogP contribution in [-0.4, -0.2) is 10.2 Å². The normalized spacial score (nSPS) is 14.1. The molecule has 2 N–H and O–H groups in total. The molecule has 4 aromatic carbocycles. The number of rotatable bonds is 5. The molecule has 0 aliphatic rings. The Morgan fingerprint density at radius 3 is 1.48 bits per heavy atom. The molecule has 29 heavy (non-hydrogen) atoms. The predicted octanol–water partition coefficient (Wildman–Crippen LogP) is 6.24. The second-order valence-corrected chi connectivity index (χ2v) is 7.55. The molecular formula is C27H24O2. The third-order valence-electron chi connectivity index (χ3n) is 5.78. The fourth-order valence-electron chi connectivity index (χ4n) is 4.26. The molecule has 4 rings (SSSR count). The minimum atomic E-state index is -0.396. The SMILES string of the molecule is CC(c1ccccc1)(c1ccc(O)cc1)C(c1ccccc1)c1ccc(O)cc1. The maximum Gasteiger partial charge on any atom is 0.115 e. The standard InChI is InChI=1S/C27H24O2/c1-27(22-10-6-3-7-11-22,23-14-18-25(29)19-15-23)26(20-8-4-2-5-9-20)21-12-16-24(28)17-13-21/h2-19,26,28-29H,1H3. The number of hydrogen-bond donors (Lipinski definition) is 2. The summed E-state index contributed by atoms with van der Waals surface area (Å²) < 4.78 is 0. The van der Waals surface area contributed by atoms with Crippen molar-refractivity contribution >= 4 is 0 Å². The highest BCUT2D eigenvalue weighted by molar-refractivity contribution is 5.50. The van der Waals surface area contributed by atoms with E-state index in [0.717, 1.165) is 11.1 Å². The second-order valence-electron chi connectivity index (χ2n) is 7.55. The summed E-state index contributed by atoms with van der Waals surface area (Å²) in [7, 11) is 0. The number of benzene rings is 4. The fourth-order valence-corrected chi connectivity index (χ4v) is 4.26. The Morgan fingerprint density at radius 2 is 0.931 bits per heavy atom. The zero-order valence-electron chi connectivity index (χ0n) is 16.4. The Labute approximate surface area is 171 Å². The number of aromatic hydroxyl groups is 2. The molecule has 0 bridgehead atoms. The van der Waals surface area contributed by atoms with Crippen LogP contribution in [0.4, 0.5) is 0 Å². The lowest BCUT2D eigenvalue weighted by Crippen LogP contribution is -2.32. The van der Waals surface area contributed by atoms with Gasteiger partial charge in [-0.1, -0.05) is 91.9 Å². The second kappa shape index (κ2) is 7.84. The summed E-state index contributed by atoms with van der Waals surface area (Å²) in [4.78, 5) is 0. The Balaban J connectivity index is 2.00. The van der Waals surface area contributed by atoms with Crippen molar-refractivity contribution < 1.29 is 10.2 Å². The first-order chi connectivity index (χ1) is 14.1. The van der Waals surface area contributed by atoms with Crippen molar-refractivity contribution in [3.63, 3.8) is 0 Å². The smallest absolute Gasteiger partial charge is 0.115 e. The zero-order valence-corrected chi connectivity index (χ0v) is 16.4. The molecule has 0 saturated carbocycles. The largest absolute Gasteiger partial charge is 0.508 e. The van der Waals surface area contributed by atoms with Crippen molar-refractivity contribution in [2.24, 2.45) is 0 Å².